The number of primary amides is 1. The summed E-state index contributed by atoms with van der Waals surface area (Å²) in [5.74, 6) is -2.82. The van der Waals surface area contributed by atoms with Crippen molar-refractivity contribution in [2.75, 3.05) is 0 Å². The van der Waals surface area contributed by atoms with Crippen LogP contribution in [0, 0.1) is 0 Å². The maximum Gasteiger partial charge on any atom is 0.490 e. The Kier molecular flexibility index (Phi) is 3.21. The summed E-state index contributed by atoms with van der Waals surface area (Å²) in [5, 5.41) is 0. The highest BCUT2D eigenvalue weighted by molar-refractivity contribution is 5.93. The number of aryl methyl sites for hydroxylation is 1. The van der Waals surface area contributed by atoms with Gasteiger partial charge in [0.05, 0.1) is 0 Å². The van der Waals surface area contributed by atoms with Gasteiger partial charge in [0, 0.05) is 5.56 Å². The second-order valence-corrected chi connectivity index (χ2v) is 4.21. The highest BCUT2D eigenvalue weighted by Crippen LogP contribution is 2.36. The van der Waals surface area contributed by atoms with Crippen LogP contribution >= 0.6 is 0 Å². The van der Waals surface area contributed by atoms with Crippen LogP contribution in [0.1, 0.15) is 34.0 Å². The smallest absolute Gasteiger partial charge is 0.451 e. The number of benzene rings is 1. The lowest BCUT2D eigenvalue weighted by molar-refractivity contribution is -0.205. The topological polar surface area (TPSA) is 69.4 Å². The van der Waals surface area contributed by atoms with E-state index in [0.717, 1.165) is 0 Å². The van der Waals surface area contributed by atoms with E-state index in [1.807, 2.05) is 0 Å². The number of carbonyl (C=O) groups excluding carboxylic acids is 2. The van der Waals surface area contributed by atoms with E-state index >= 15 is 0 Å². The van der Waals surface area contributed by atoms with Crippen molar-refractivity contribution in [1.82, 2.24) is 0 Å². The summed E-state index contributed by atoms with van der Waals surface area (Å²) in [7, 11) is 0. The number of hydrogen-bond donors (Lipinski definition) is 1. The number of carbonyl (C=O) groups is 2. The van der Waals surface area contributed by atoms with Crippen molar-refractivity contribution in [1.29, 1.82) is 0 Å². The van der Waals surface area contributed by atoms with E-state index in [2.05, 4.69) is 4.74 Å². The van der Waals surface area contributed by atoms with Crippen LogP contribution in [0.2, 0.25) is 0 Å². The van der Waals surface area contributed by atoms with Crippen LogP contribution in [-0.2, 0) is 16.0 Å². The number of ether oxygens (including phenoxy) is 1. The third kappa shape index (κ3) is 2.69. The van der Waals surface area contributed by atoms with E-state index in [1.165, 1.54) is 18.2 Å². The summed E-state index contributed by atoms with van der Waals surface area (Å²) in [6, 6.07) is 4.39. The summed E-state index contributed by atoms with van der Waals surface area (Å²) in [5.41, 5.74) is 6.55. The maximum absolute atomic E-state index is 12.1. The SMILES string of the molecule is NC(=O)c1ccc2c(c1)CCC2OC(=O)C(F)(F)F. The Morgan fingerprint density at radius 3 is 2.58 bits per heavy atom. The van der Waals surface area contributed by atoms with Crippen molar-refractivity contribution in [3.63, 3.8) is 0 Å². The zero-order valence-corrected chi connectivity index (χ0v) is 9.66. The number of amides is 1. The minimum Gasteiger partial charge on any atom is -0.451 e. The van der Waals surface area contributed by atoms with Gasteiger partial charge in [-0.15, -0.1) is 0 Å². The lowest BCUT2D eigenvalue weighted by Gasteiger charge is -2.14. The molecule has 1 aliphatic rings. The van der Waals surface area contributed by atoms with Gasteiger partial charge in [-0.3, -0.25) is 4.79 Å². The zero-order chi connectivity index (χ0) is 14.2. The Morgan fingerprint density at radius 2 is 2.00 bits per heavy atom. The molecule has 102 valence electrons. The monoisotopic (exact) mass is 273 g/mol. The van der Waals surface area contributed by atoms with Gasteiger partial charge >= 0.3 is 12.1 Å². The molecule has 0 radical (unpaired) electrons. The molecule has 1 atom stereocenters. The first-order chi connectivity index (χ1) is 8.79. The summed E-state index contributed by atoms with van der Waals surface area (Å²) in [6.45, 7) is 0. The fourth-order valence-corrected chi connectivity index (χ4v) is 2.05. The van der Waals surface area contributed by atoms with Crippen LogP contribution in [0.4, 0.5) is 13.2 Å². The number of alkyl halides is 3. The minimum atomic E-state index is -5.00. The molecule has 0 spiro atoms. The van der Waals surface area contributed by atoms with Crippen LogP contribution in [0.3, 0.4) is 0 Å². The quantitative estimate of drug-likeness (QED) is 0.836. The number of fused-ring (bicyclic) bond motifs is 1. The summed E-state index contributed by atoms with van der Waals surface area (Å²) in [6.07, 6.45) is -5.23. The molecular formula is C12H10F3NO3. The molecule has 1 unspecified atom stereocenters. The molecule has 0 aliphatic heterocycles. The molecule has 4 nitrogen and oxygen atoms in total. The molecule has 0 saturated carbocycles. The maximum atomic E-state index is 12.1. The van der Waals surface area contributed by atoms with Crippen LogP contribution in [0.5, 0.6) is 0 Å². The van der Waals surface area contributed by atoms with Crippen molar-refractivity contribution in [3.05, 3.63) is 34.9 Å². The Bertz CT molecular complexity index is 540. The van der Waals surface area contributed by atoms with Gasteiger partial charge in [0.15, 0.2) is 0 Å². The van der Waals surface area contributed by atoms with Gasteiger partial charge < -0.3 is 10.5 Å². The normalized spacial score (nSPS) is 17.9. The summed E-state index contributed by atoms with van der Waals surface area (Å²) in [4.78, 5) is 21.8. The van der Waals surface area contributed by atoms with E-state index < -0.39 is 24.2 Å². The molecule has 0 heterocycles. The van der Waals surface area contributed by atoms with Gasteiger partial charge in [-0.1, -0.05) is 6.07 Å². The van der Waals surface area contributed by atoms with Gasteiger partial charge in [0.1, 0.15) is 6.10 Å². The van der Waals surface area contributed by atoms with Crippen LogP contribution in [-0.4, -0.2) is 18.1 Å². The zero-order valence-electron chi connectivity index (χ0n) is 9.66. The second-order valence-electron chi connectivity index (χ2n) is 4.21. The summed E-state index contributed by atoms with van der Waals surface area (Å²) >= 11 is 0. The van der Waals surface area contributed by atoms with Crippen LogP contribution in [0.15, 0.2) is 18.2 Å². The average molecular weight is 273 g/mol. The molecule has 2 N–H and O–H groups in total. The third-order valence-corrected chi connectivity index (χ3v) is 2.93. The number of nitrogens with two attached hydrogens (primary N) is 1. The Morgan fingerprint density at radius 1 is 1.32 bits per heavy atom. The van der Waals surface area contributed by atoms with E-state index in [4.69, 9.17) is 5.73 Å². The molecule has 0 aromatic heterocycles. The molecule has 1 amide bonds. The Balaban J connectivity index is 2.19. The molecule has 0 fully saturated rings. The van der Waals surface area contributed by atoms with E-state index in [9.17, 15) is 22.8 Å². The highest BCUT2D eigenvalue weighted by atomic mass is 19.4. The number of esters is 1. The van der Waals surface area contributed by atoms with E-state index in [1.54, 1.807) is 0 Å². The van der Waals surface area contributed by atoms with Gasteiger partial charge in [0.2, 0.25) is 5.91 Å². The predicted octanol–water partition coefficient (Wildman–Crippen LogP) is 1.88. The number of rotatable bonds is 2. The van der Waals surface area contributed by atoms with E-state index in [0.29, 0.717) is 17.5 Å². The van der Waals surface area contributed by atoms with Crippen LogP contribution < -0.4 is 5.73 Å². The molecule has 0 bridgehead atoms. The van der Waals surface area contributed by atoms with Gasteiger partial charge in [-0.05, 0) is 36.1 Å². The van der Waals surface area contributed by atoms with Crippen LogP contribution in [0.25, 0.3) is 0 Å². The Labute approximate surface area is 106 Å². The first-order valence-electron chi connectivity index (χ1n) is 5.49. The molecular weight excluding hydrogens is 263 g/mol. The van der Waals surface area contributed by atoms with Crippen molar-refractivity contribution in [2.45, 2.75) is 25.1 Å². The fourth-order valence-electron chi connectivity index (χ4n) is 2.05. The van der Waals surface area contributed by atoms with Crippen molar-refractivity contribution in [3.8, 4) is 0 Å². The highest BCUT2D eigenvalue weighted by Gasteiger charge is 2.43. The lowest BCUT2D eigenvalue weighted by atomic mass is 10.1. The van der Waals surface area contributed by atoms with Crippen molar-refractivity contribution < 1.29 is 27.5 Å². The molecule has 1 aliphatic carbocycles. The fraction of sp³-hybridized carbons (Fsp3) is 0.333. The Hall–Kier alpha value is -2.05. The number of halogens is 3. The lowest BCUT2D eigenvalue weighted by Crippen LogP contribution is -2.26. The number of hydrogen-bond acceptors (Lipinski definition) is 3. The molecule has 2 rings (SSSR count). The predicted molar refractivity (Wildman–Crippen MR) is 58.2 cm³/mol. The van der Waals surface area contributed by atoms with E-state index in [-0.39, 0.29) is 12.0 Å². The van der Waals surface area contributed by atoms with Gasteiger partial charge in [-0.25, -0.2) is 4.79 Å². The second kappa shape index (κ2) is 4.56. The molecule has 7 heteroatoms. The van der Waals surface area contributed by atoms with Gasteiger partial charge in [-0.2, -0.15) is 13.2 Å². The first kappa shape index (κ1) is 13.4. The van der Waals surface area contributed by atoms with Crippen molar-refractivity contribution >= 4 is 11.9 Å². The standard InChI is InChI=1S/C12H10F3NO3/c13-12(14,15)11(18)19-9-4-2-6-5-7(10(16)17)1-3-8(6)9/h1,3,5,9H,2,4H2,(H2,16,17). The molecule has 1 aromatic rings. The van der Waals surface area contributed by atoms with Crippen molar-refractivity contribution in [2.24, 2.45) is 5.73 Å². The van der Waals surface area contributed by atoms with Gasteiger partial charge in [0.25, 0.3) is 0 Å². The minimum absolute atomic E-state index is 0.263. The third-order valence-electron chi connectivity index (χ3n) is 2.93. The molecule has 0 saturated heterocycles. The largest absolute Gasteiger partial charge is 0.490 e. The summed E-state index contributed by atoms with van der Waals surface area (Å²) < 4.78 is 40.8. The molecule has 19 heavy (non-hydrogen) atoms. The average Bonchev–Trinajstić information content (AvgIpc) is 2.70. The molecule has 1 aromatic carbocycles. The first-order valence-corrected chi connectivity index (χ1v) is 5.49.